The second-order valence-electron chi connectivity index (χ2n) is 6.76. The normalized spacial score (nSPS) is 10.8. The average molecular weight is 414 g/mol. The molecule has 3 aromatic rings. The SMILES string of the molecule is COc1cn(CC(=O)Nc2cc(C)cc(C)c2)c(CSc2nncn2C)cc1=O. The summed E-state index contributed by atoms with van der Waals surface area (Å²) in [4.78, 5) is 24.9. The number of thioether (sulfide) groups is 1. The van der Waals surface area contributed by atoms with Gasteiger partial charge in [-0.2, -0.15) is 0 Å². The number of rotatable bonds is 7. The minimum atomic E-state index is -0.230. The molecule has 0 radical (unpaired) electrons. The largest absolute Gasteiger partial charge is 0.491 e. The number of amides is 1. The van der Waals surface area contributed by atoms with Crippen LogP contribution in [-0.2, 0) is 24.1 Å². The summed E-state index contributed by atoms with van der Waals surface area (Å²) in [5, 5.41) is 11.5. The van der Waals surface area contributed by atoms with Crippen molar-refractivity contribution in [3.63, 3.8) is 0 Å². The van der Waals surface area contributed by atoms with E-state index in [1.54, 1.807) is 21.7 Å². The molecule has 29 heavy (non-hydrogen) atoms. The summed E-state index contributed by atoms with van der Waals surface area (Å²) >= 11 is 1.44. The number of nitrogens with zero attached hydrogens (tertiary/aromatic N) is 4. The van der Waals surface area contributed by atoms with Crippen molar-refractivity contribution in [2.75, 3.05) is 12.4 Å². The summed E-state index contributed by atoms with van der Waals surface area (Å²) in [6.07, 6.45) is 3.18. The Morgan fingerprint density at radius 3 is 2.55 bits per heavy atom. The van der Waals surface area contributed by atoms with E-state index < -0.39 is 0 Å². The van der Waals surface area contributed by atoms with Crippen molar-refractivity contribution in [3.05, 3.63) is 63.8 Å². The van der Waals surface area contributed by atoms with E-state index in [9.17, 15) is 9.59 Å². The second kappa shape index (κ2) is 8.95. The summed E-state index contributed by atoms with van der Waals surface area (Å²) < 4.78 is 8.66. The first-order valence-electron chi connectivity index (χ1n) is 8.98. The lowest BCUT2D eigenvalue weighted by atomic mass is 10.1. The fraction of sp³-hybridized carbons (Fsp3) is 0.300. The number of hydrogen-bond acceptors (Lipinski definition) is 6. The maximum absolute atomic E-state index is 12.6. The molecule has 1 N–H and O–H groups in total. The van der Waals surface area contributed by atoms with Crippen LogP contribution in [0.15, 0.2) is 46.7 Å². The molecule has 0 bridgehead atoms. The number of pyridine rings is 1. The van der Waals surface area contributed by atoms with Gasteiger partial charge >= 0.3 is 0 Å². The quantitative estimate of drug-likeness (QED) is 0.599. The van der Waals surface area contributed by atoms with Crippen molar-refractivity contribution in [2.24, 2.45) is 7.05 Å². The van der Waals surface area contributed by atoms with Gasteiger partial charge in [0.05, 0.1) is 13.3 Å². The predicted octanol–water partition coefficient (Wildman–Crippen LogP) is 2.53. The molecule has 9 heteroatoms. The number of methoxy groups -OCH3 is 1. The van der Waals surface area contributed by atoms with E-state index in [0.29, 0.717) is 11.4 Å². The number of aromatic nitrogens is 4. The smallest absolute Gasteiger partial charge is 0.244 e. The molecule has 2 aromatic heterocycles. The molecule has 3 rings (SSSR count). The molecule has 0 unspecified atom stereocenters. The van der Waals surface area contributed by atoms with Gasteiger partial charge in [-0.25, -0.2) is 0 Å². The van der Waals surface area contributed by atoms with Gasteiger partial charge < -0.3 is 19.2 Å². The first-order valence-corrected chi connectivity index (χ1v) is 9.96. The van der Waals surface area contributed by atoms with Crippen molar-refractivity contribution in [3.8, 4) is 5.75 Å². The van der Waals surface area contributed by atoms with E-state index in [0.717, 1.165) is 22.0 Å². The maximum Gasteiger partial charge on any atom is 0.244 e. The number of carbonyl (C=O) groups excluding carboxylic acids is 1. The minimum absolute atomic E-state index is 0.0539. The third kappa shape index (κ3) is 5.26. The molecular formula is C20H23N5O3S. The standard InChI is InChI=1S/C20H23N5O3S/c1-13-5-14(2)7-15(6-13)22-19(27)10-25-9-18(28-4)17(26)8-16(25)11-29-20-23-21-12-24(20)3/h5-9,12H,10-11H2,1-4H3,(H,22,27). The van der Waals surface area contributed by atoms with Crippen LogP contribution in [0.4, 0.5) is 5.69 Å². The molecule has 0 aliphatic carbocycles. The topological polar surface area (TPSA) is 91.0 Å². The number of benzene rings is 1. The van der Waals surface area contributed by atoms with Crippen molar-refractivity contribution in [1.29, 1.82) is 0 Å². The van der Waals surface area contributed by atoms with Crippen LogP contribution in [0, 0.1) is 13.8 Å². The number of ether oxygens (including phenoxy) is 1. The molecule has 0 atom stereocenters. The zero-order valence-corrected chi connectivity index (χ0v) is 17.6. The zero-order valence-electron chi connectivity index (χ0n) is 16.8. The maximum atomic E-state index is 12.6. The van der Waals surface area contributed by atoms with Crippen LogP contribution in [0.25, 0.3) is 0 Å². The molecule has 2 heterocycles. The highest BCUT2D eigenvalue weighted by Gasteiger charge is 2.13. The van der Waals surface area contributed by atoms with Crippen LogP contribution in [0.2, 0.25) is 0 Å². The Morgan fingerprint density at radius 2 is 1.93 bits per heavy atom. The Labute approximate surface area is 172 Å². The van der Waals surface area contributed by atoms with E-state index in [1.165, 1.54) is 24.9 Å². The van der Waals surface area contributed by atoms with E-state index in [1.807, 2.05) is 39.1 Å². The number of hydrogen-bond donors (Lipinski definition) is 1. The summed E-state index contributed by atoms with van der Waals surface area (Å²) in [5.41, 5.74) is 3.36. The molecule has 0 aliphatic rings. The van der Waals surface area contributed by atoms with Gasteiger partial charge in [0.25, 0.3) is 0 Å². The van der Waals surface area contributed by atoms with Crippen LogP contribution in [0.5, 0.6) is 5.75 Å². The molecular weight excluding hydrogens is 390 g/mol. The van der Waals surface area contributed by atoms with E-state index in [4.69, 9.17) is 4.74 Å². The van der Waals surface area contributed by atoms with Gasteiger partial charge in [-0.3, -0.25) is 9.59 Å². The highest BCUT2D eigenvalue weighted by atomic mass is 32.2. The van der Waals surface area contributed by atoms with Crippen LogP contribution in [0.3, 0.4) is 0 Å². The van der Waals surface area contributed by atoms with Gasteiger partial charge in [0.2, 0.25) is 11.3 Å². The monoisotopic (exact) mass is 413 g/mol. The molecule has 8 nitrogen and oxygen atoms in total. The van der Waals surface area contributed by atoms with E-state index in [2.05, 4.69) is 15.5 Å². The highest BCUT2D eigenvalue weighted by molar-refractivity contribution is 7.98. The lowest BCUT2D eigenvalue weighted by Crippen LogP contribution is -2.23. The van der Waals surface area contributed by atoms with E-state index >= 15 is 0 Å². The average Bonchev–Trinajstić information content (AvgIpc) is 3.05. The Morgan fingerprint density at radius 1 is 1.21 bits per heavy atom. The van der Waals surface area contributed by atoms with Crippen molar-refractivity contribution >= 4 is 23.4 Å². The third-order valence-corrected chi connectivity index (χ3v) is 5.31. The number of nitrogens with one attached hydrogen (secondary N) is 1. The Hall–Kier alpha value is -3.07. The fourth-order valence-corrected chi connectivity index (χ4v) is 3.84. The van der Waals surface area contributed by atoms with Gasteiger partial charge in [-0.1, -0.05) is 17.8 Å². The van der Waals surface area contributed by atoms with Crippen molar-refractivity contribution in [2.45, 2.75) is 31.3 Å². The van der Waals surface area contributed by atoms with Crippen LogP contribution in [0.1, 0.15) is 16.8 Å². The molecule has 152 valence electrons. The van der Waals surface area contributed by atoms with Crippen LogP contribution in [-0.4, -0.2) is 32.3 Å². The molecule has 1 aromatic carbocycles. The molecule has 0 fully saturated rings. The Kier molecular flexibility index (Phi) is 6.38. The first kappa shape index (κ1) is 20.7. The molecule has 0 saturated carbocycles. The lowest BCUT2D eigenvalue weighted by molar-refractivity contribution is -0.116. The fourth-order valence-electron chi connectivity index (χ4n) is 2.96. The molecule has 0 saturated heterocycles. The summed E-state index contributed by atoms with van der Waals surface area (Å²) in [6.45, 7) is 4.02. The zero-order chi connectivity index (χ0) is 21.0. The van der Waals surface area contributed by atoms with E-state index in [-0.39, 0.29) is 23.6 Å². The van der Waals surface area contributed by atoms with Crippen LogP contribution < -0.4 is 15.5 Å². The Bertz CT molecular complexity index is 1070. The van der Waals surface area contributed by atoms with Gasteiger partial charge in [0, 0.05) is 30.2 Å². The van der Waals surface area contributed by atoms with Gasteiger partial charge in [-0.05, 0) is 37.1 Å². The minimum Gasteiger partial charge on any atom is -0.491 e. The van der Waals surface area contributed by atoms with Gasteiger partial charge in [-0.15, -0.1) is 10.2 Å². The predicted molar refractivity (Wildman–Crippen MR) is 112 cm³/mol. The number of aryl methyl sites for hydroxylation is 3. The second-order valence-corrected chi connectivity index (χ2v) is 7.71. The lowest BCUT2D eigenvalue weighted by Gasteiger charge is -2.15. The van der Waals surface area contributed by atoms with Crippen molar-refractivity contribution < 1.29 is 9.53 Å². The van der Waals surface area contributed by atoms with Gasteiger partial charge in [0.15, 0.2) is 10.9 Å². The van der Waals surface area contributed by atoms with Crippen molar-refractivity contribution in [1.82, 2.24) is 19.3 Å². The van der Waals surface area contributed by atoms with Crippen LogP contribution >= 0.6 is 11.8 Å². The molecule has 0 spiro atoms. The summed E-state index contributed by atoms with van der Waals surface area (Å²) in [7, 11) is 3.28. The molecule has 1 amide bonds. The molecule has 0 aliphatic heterocycles. The number of anilines is 1. The highest BCUT2D eigenvalue weighted by Crippen LogP contribution is 2.21. The first-order chi connectivity index (χ1) is 13.9. The summed E-state index contributed by atoms with van der Waals surface area (Å²) in [6, 6.07) is 7.37. The number of carbonyl (C=O) groups is 1. The Balaban J connectivity index is 1.81. The van der Waals surface area contributed by atoms with Gasteiger partial charge in [0.1, 0.15) is 12.9 Å². The third-order valence-electron chi connectivity index (χ3n) is 4.24. The summed E-state index contributed by atoms with van der Waals surface area (Å²) in [5.74, 6) is 0.463.